The van der Waals surface area contributed by atoms with E-state index in [2.05, 4.69) is 41.4 Å². The zero-order valence-electron chi connectivity index (χ0n) is 9.91. The molecule has 0 atom stereocenters. The zero-order valence-corrected chi connectivity index (χ0v) is 10.7. The minimum absolute atomic E-state index is 1.01. The summed E-state index contributed by atoms with van der Waals surface area (Å²) in [6.07, 6.45) is 0. The Balaban J connectivity index is 2.06. The van der Waals surface area contributed by atoms with Crippen molar-refractivity contribution < 1.29 is 0 Å². The Morgan fingerprint density at radius 2 is 2.25 bits per heavy atom. The molecule has 0 aromatic heterocycles. The van der Waals surface area contributed by atoms with Gasteiger partial charge in [0.05, 0.1) is 0 Å². The number of nitrogens with one attached hydrogen (secondary N) is 1. The largest absolute Gasteiger partial charge is 0.369 e. The van der Waals surface area contributed by atoms with E-state index in [0.29, 0.717) is 0 Å². The Morgan fingerprint density at radius 3 is 3.12 bits per heavy atom. The summed E-state index contributed by atoms with van der Waals surface area (Å²) in [5, 5.41) is 3.48. The fraction of sp³-hybridized carbons (Fsp3) is 0.538. The number of hydrogen-bond donors (Lipinski definition) is 1. The molecule has 0 saturated heterocycles. The third kappa shape index (κ3) is 2.92. The van der Waals surface area contributed by atoms with Crippen LogP contribution in [0.4, 0.5) is 5.69 Å². The Kier molecular flexibility index (Phi) is 4.55. The van der Waals surface area contributed by atoms with Crippen molar-refractivity contribution >= 4 is 17.4 Å². The van der Waals surface area contributed by atoms with Crippen LogP contribution in [0.5, 0.6) is 0 Å². The highest BCUT2D eigenvalue weighted by atomic mass is 32.2. The van der Waals surface area contributed by atoms with Crippen LogP contribution in [0.25, 0.3) is 0 Å². The second-order valence-corrected chi connectivity index (χ2v) is 5.38. The van der Waals surface area contributed by atoms with Gasteiger partial charge >= 0.3 is 0 Å². The van der Waals surface area contributed by atoms with Crippen LogP contribution in [-0.4, -0.2) is 31.1 Å². The molecule has 0 unspecified atom stereocenters. The van der Waals surface area contributed by atoms with Gasteiger partial charge in [-0.25, -0.2) is 0 Å². The van der Waals surface area contributed by atoms with E-state index in [1.54, 1.807) is 0 Å². The molecule has 0 amide bonds. The lowest BCUT2D eigenvalue weighted by atomic mass is 10.1. The summed E-state index contributed by atoms with van der Waals surface area (Å²) in [5.41, 5.74) is 2.85. The first-order valence-corrected chi connectivity index (χ1v) is 7.18. The number of thioether (sulfide) groups is 1. The standard InChI is InChI=1S/C13H20N2S/c1-2-16-10-9-15-8-7-14-11-12-5-3-4-6-13(12)15/h3-6,14H,2,7-11H2,1H3. The highest BCUT2D eigenvalue weighted by Gasteiger charge is 2.13. The smallest absolute Gasteiger partial charge is 0.0412 e. The summed E-state index contributed by atoms with van der Waals surface area (Å²) in [7, 11) is 0. The lowest BCUT2D eigenvalue weighted by Gasteiger charge is -2.24. The predicted molar refractivity (Wildman–Crippen MR) is 73.4 cm³/mol. The molecule has 1 aromatic carbocycles. The fourth-order valence-corrected chi connectivity index (χ4v) is 2.72. The quantitative estimate of drug-likeness (QED) is 0.808. The highest BCUT2D eigenvalue weighted by Crippen LogP contribution is 2.22. The van der Waals surface area contributed by atoms with Gasteiger partial charge in [-0.3, -0.25) is 0 Å². The second kappa shape index (κ2) is 6.16. The molecule has 88 valence electrons. The van der Waals surface area contributed by atoms with Crippen molar-refractivity contribution in [3.05, 3.63) is 29.8 Å². The second-order valence-electron chi connectivity index (χ2n) is 3.99. The molecule has 16 heavy (non-hydrogen) atoms. The van der Waals surface area contributed by atoms with Crippen LogP contribution in [0.15, 0.2) is 24.3 Å². The van der Waals surface area contributed by atoms with Gasteiger partial charge in [0.2, 0.25) is 0 Å². The van der Waals surface area contributed by atoms with Crippen molar-refractivity contribution in [1.82, 2.24) is 5.32 Å². The molecule has 3 heteroatoms. The van der Waals surface area contributed by atoms with Gasteiger partial charge in [-0.1, -0.05) is 25.1 Å². The average molecular weight is 236 g/mol. The molecule has 0 aliphatic carbocycles. The summed E-state index contributed by atoms with van der Waals surface area (Å²) in [4.78, 5) is 2.51. The summed E-state index contributed by atoms with van der Waals surface area (Å²) in [6.45, 7) is 6.61. The van der Waals surface area contributed by atoms with Gasteiger partial charge in [0.15, 0.2) is 0 Å². The van der Waals surface area contributed by atoms with E-state index >= 15 is 0 Å². The van der Waals surface area contributed by atoms with Gasteiger partial charge in [-0.2, -0.15) is 11.8 Å². The van der Waals surface area contributed by atoms with Crippen molar-refractivity contribution in [2.45, 2.75) is 13.5 Å². The first-order chi connectivity index (χ1) is 7.92. The Hall–Kier alpha value is -0.670. The van der Waals surface area contributed by atoms with Crippen LogP contribution in [-0.2, 0) is 6.54 Å². The average Bonchev–Trinajstić information content (AvgIpc) is 2.52. The molecular formula is C13H20N2S. The van der Waals surface area contributed by atoms with Crippen LogP contribution in [0, 0.1) is 0 Å². The van der Waals surface area contributed by atoms with Crippen molar-refractivity contribution in [3.8, 4) is 0 Å². The van der Waals surface area contributed by atoms with Crippen molar-refractivity contribution in [1.29, 1.82) is 0 Å². The summed E-state index contributed by atoms with van der Waals surface area (Å²) >= 11 is 2.02. The minimum atomic E-state index is 1.01. The molecular weight excluding hydrogens is 216 g/mol. The molecule has 0 spiro atoms. The molecule has 0 saturated carbocycles. The van der Waals surface area contributed by atoms with Crippen LogP contribution in [0.2, 0.25) is 0 Å². The van der Waals surface area contributed by atoms with Gasteiger partial charge in [-0.05, 0) is 17.4 Å². The predicted octanol–water partition coefficient (Wildman–Crippen LogP) is 2.35. The van der Waals surface area contributed by atoms with Crippen LogP contribution < -0.4 is 10.2 Å². The fourth-order valence-electron chi connectivity index (χ4n) is 2.08. The maximum Gasteiger partial charge on any atom is 0.0412 e. The summed E-state index contributed by atoms with van der Waals surface area (Å²) in [6, 6.07) is 8.75. The van der Waals surface area contributed by atoms with E-state index in [1.165, 1.54) is 22.8 Å². The molecule has 1 aliphatic heterocycles. The summed E-state index contributed by atoms with van der Waals surface area (Å²) < 4.78 is 0. The van der Waals surface area contributed by atoms with Gasteiger partial charge in [0.1, 0.15) is 0 Å². The number of rotatable bonds is 4. The molecule has 0 fully saturated rings. The topological polar surface area (TPSA) is 15.3 Å². The normalized spacial score (nSPS) is 15.7. The lowest BCUT2D eigenvalue weighted by molar-refractivity contribution is 0.696. The molecule has 1 aromatic rings. The van der Waals surface area contributed by atoms with Gasteiger partial charge in [0.25, 0.3) is 0 Å². The van der Waals surface area contributed by atoms with E-state index in [9.17, 15) is 0 Å². The maximum atomic E-state index is 3.48. The SMILES string of the molecule is CCSCCN1CCNCc2ccccc21. The third-order valence-electron chi connectivity index (χ3n) is 2.92. The Labute approximate surface area is 102 Å². The van der Waals surface area contributed by atoms with E-state index in [1.807, 2.05) is 11.8 Å². The number of nitrogens with zero attached hydrogens (tertiary/aromatic N) is 1. The third-order valence-corrected chi connectivity index (χ3v) is 3.80. The van der Waals surface area contributed by atoms with Crippen LogP contribution in [0.1, 0.15) is 12.5 Å². The molecule has 2 rings (SSSR count). The zero-order chi connectivity index (χ0) is 11.2. The molecule has 0 radical (unpaired) electrons. The van der Waals surface area contributed by atoms with Crippen LogP contribution in [0.3, 0.4) is 0 Å². The van der Waals surface area contributed by atoms with Crippen LogP contribution >= 0.6 is 11.8 Å². The Bertz CT molecular complexity index is 327. The van der Waals surface area contributed by atoms with Gasteiger partial charge in [-0.15, -0.1) is 0 Å². The number of fused-ring (bicyclic) bond motifs is 1. The van der Waals surface area contributed by atoms with Crippen molar-refractivity contribution in [2.24, 2.45) is 0 Å². The highest BCUT2D eigenvalue weighted by molar-refractivity contribution is 7.99. The minimum Gasteiger partial charge on any atom is -0.369 e. The molecule has 1 aliphatic rings. The first-order valence-electron chi connectivity index (χ1n) is 6.03. The first kappa shape index (κ1) is 11.8. The summed E-state index contributed by atoms with van der Waals surface area (Å²) in [5.74, 6) is 2.44. The van der Waals surface area contributed by atoms with E-state index < -0.39 is 0 Å². The van der Waals surface area contributed by atoms with E-state index in [-0.39, 0.29) is 0 Å². The van der Waals surface area contributed by atoms with E-state index in [0.717, 1.165) is 26.2 Å². The van der Waals surface area contributed by atoms with E-state index in [4.69, 9.17) is 0 Å². The molecule has 2 nitrogen and oxygen atoms in total. The molecule has 0 bridgehead atoms. The van der Waals surface area contributed by atoms with Gasteiger partial charge < -0.3 is 10.2 Å². The Morgan fingerprint density at radius 1 is 1.38 bits per heavy atom. The van der Waals surface area contributed by atoms with Crippen molar-refractivity contribution in [2.75, 3.05) is 36.0 Å². The number of anilines is 1. The number of hydrogen-bond acceptors (Lipinski definition) is 3. The molecule has 1 heterocycles. The number of benzene rings is 1. The molecule has 1 N–H and O–H groups in total. The van der Waals surface area contributed by atoms with Crippen molar-refractivity contribution in [3.63, 3.8) is 0 Å². The number of para-hydroxylation sites is 1. The maximum absolute atomic E-state index is 3.48. The lowest BCUT2D eigenvalue weighted by Crippen LogP contribution is -2.30. The van der Waals surface area contributed by atoms with Gasteiger partial charge in [0, 0.05) is 37.6 Å². The monoisotopic (exact) mass is 236 g/mol.